The molecule has 0 radical (unpaired) electrons. The Morgan fingerprint density at radius 1 is 1.26 bits per heavy atom. The summed E-state index contributed by atoms with van der Waals surface area (Å²) in [5.41, 5.74) is 6.88. The van der Waals surface area contributed by atoms with Gasteiger partial charge in [0.1, 0.15) is 22.2 Å². The molecule has 0 spiro atoms. The Kier molecular flexibility index (Phi) is 7.51. The van der Waals surface area contributed by atoms with Crippen molar-refractivity contribution in [2.75, 3.05) is 25.2 Å². The first-order valence-electron chi connectivity index (χ1n) is 7.63. The Hall–Kier alpha value is -1.60. The first kappa shape index (κ1) is 19.4. The second-order valence-electron chi connectivity index (χ2n) is 5.89. The van der Waals surface area contributed by atoms with Crippen LogP contribution in [0.3, 0.4) is 0 Å². The lowest BCUT2D eigenvalue weighted by atomic mass is 10.0. The number of benzene rings is 1. The molecule has 0 bridgehead atoms. The predicted octanol–water partition coefficient (Wildman–Crippen LogP) is 1.07. The Morgan fingerprint density at radius 3 is 2.39 bits per heavy atom. The van der Waals surface area contributed by atoms with Gasteiger partial charge < -0.3 is 15.8 Å². The summed E-state index contributed by atoms with van der Waals surface area (Å²) in [6, 6.07) is 7.00. The molecule has 7 heteroatoms. The lowest BCUT2D eigenvalue weighted by Gasteiger charge is -2.12. The normalized spacial score (nSPS) is 12.9. The smallest absolute Gasteiger partial charge is 0.237 e. The van der Waals surface area contributed by atoms with E-state index >= 15 is 0 Å². The first-order chi connectivity index (χ1) is 10.7. The van der Waals surface area contributed by atoms with E-state index in [4.69, 9.17) is 10.5 Å². The predicted molar refractivity (Wildman–Crippen MR) is 91.3 cm³/mol. The molecule has 1 aromatic carbocycles. The molecule has 1 amide bonds. The Morgan fingerprint density at radius 2 is 1.87 bits per heavy atom. The van der Waals surface area contributed by atoms with E-state index in [2.05, 4.69) is 19.2 Å². The third kappa shape index (κ3) is 7.99. The van der Waals surface area contributed by atoms with E-state index in [0.29, 0.717) is 19.1 Å². The average molecular weight is 342 g/mol. The maximum atomic E-state index is 11.7. The molecule has 130 valence electrons. The third-order valence-corrected chi connectivity index (χ3v) is 4.33. The van der Waals surface area contributed by atoms with Crippen molar-refractivity contribution in [3.05, 3.63) is 29.8 Å². The Bertz CT molecular complexity index is 597. The lowest BCUT2D eigenvalue weighted by molar-refractivity contribution is -0.122. The van der Waals surface area contributed by atoms with E-state index in [1.165, 1.54) is 5.56 Å². The zero-order valence-electron chi connectivity index (χ0n) is 13.9. The molecule has 0 saturated heterocycles. The number of nitrogens with one attached hydrogen (secondary N) is 1. The topological polar surface area (TPSA) is 98.5 Å². The molecular weight excluding hydrogens is 316 g/mol. The highest BCUT2D eigenvalue weighted by atomic mass is 32.2. The van der Waals surface area contributed by atoms with Gasteiger partial charge in [0.15, 0.2) is 0 Å². The van der Waals surface area contributed by atoms with Crippen LogP contribution >= 0.6 is 0 Å². The number of nitrogens with two attached hydrogens (primary N) is 1. The summed E-state index contributed by atoms with van der Waals surface area (Å²) >= 11 is 0. The van der Waals surface area contributed by atoms with Crippen molar-refractivity contribution >= 4 is 15.7 Å². The summed E-state index contributed by atoms with van der Waals surface area (Å²) in [4.78, 5) is 11.7. The number of carbonyl (C=O) groups is 1. The molecule has 6 nitrogen and oxygen atoms in total. The van der Waals surface area contributed by atoms with Crippen LogP contribution < -0.4 is 15.8 Å². The second-order valence-corrected chi connectivity index (χ2v) is 8.15. The maximum absolute atomic E-state index is 11.7. The molecule has 3 N–H and O–H groups in total. The van der Waals surface area contributed by atoms with Crippen molar-refractivity contribution in [3.63, 3.8) is 0 Å². The number of sulfone groups is 1. The molecule has 0 fully saturated rings. The Balaban J connectivity index is 2.27. The van der Waals surface area contributed by atoms with Gasteiger partial charge in [0.05, 0.1) is 18.3 Å². The molecule has 0 heterocycles. The van der Waals surface area contributed by atoms with Gasteiger partial charge in [-0.2, -0.15) is 0 Å². The SMILES string of the molecule is CC(C)c1ccc(OCCNC(=O)C(N)CCS(C)(=O)=O)cc1. The van der Waals surface area contributed by atoms with Crippen LogP contribution in [-0.4, -0.2) is 45.5 Å². The minimum Gasteiger partial charge on any atom is -0.492 e. The molecule has 1 aromatic rings. The van der Waals surface area contributed by atoms with Crippen LogP contribution in [-0.2, 0) is 14.6 Å². The summed E-state index contributed by atoms with van der Waals surface area (Å²) in [5.74, 6) is 0.745. The average Bonchev–Trinajstić information content (AvgIpc) is 2.48. The zero-order valence-corrected chi connectivity index (χ0v) is 14.7. The van der Waals surface area contributed by atoms with Crippen LogP contribution in [0, 0.1) is 0 Å². The second kappa shape index (κ2) is 8.88. The first-order valence-corrected chi connectivity index (χ1v) is 9.69. The number of amides is 1. The highest BCUT2D eigenvalue weighted by Crippen LogP contribution is 2.18. The van der Waals surface area contributed by atoms with Gasteiger partial charge in [-0.1, -0.05) is 26.0 Å². The summed E-state index contributed by atoms with van der Waals surface area (Å²) in [5, 5.41) is 2.63. The fourth-order valence-corrected chi connectivity index (χ4v) is 2.58. The van der Waals surface area contributed by atoms with Gasteiger partial charge in [-0.25, -0.2) is 8.42 Å². The standard InChI is InChI=1S/C16H26N2O4S/c1-12(2)13-4-6-14(7-5-13)22-10-9-18-16(19)15(17)8-11-23(3,20)21/h4-7,12,15H,8-11,17H2,1-3H3,(H,18,19). The Labute approximate surface area is 138 Å². The molecule has 0 aromatic heterocycles. The molecule has 0 aliphatic heterocycles. The zero-order chi connectivity index (χ0) is 17.5. The van der Waals surface area contributed by atoms with Crippen molar-refractivity contribution in [1.82, 2.24) is 5.32 Å². The fourth-order valence-electron chi connectivity index (χ4n) is 1.90. The van der Waals surface area contributed by atoms with Crippen LogP contribution in [0.1, 0.15) is 31.7 Å². The monoisotopic (exact) mass is 342 g/mol. The summed E-state index contributed by atoms with van der Waals surface area (Å²) in [6.45, 7) is 4.89. The summed E-state index contributed by atoms with van der Waals surface area (Å²) < 4.78 is 27.6. The summed E-state index contributed by atoms with van der Waals surface area (Å²) in [6.07, 6.45) is 1.23. The molecule has 1 unspecified atom stereocenters. The maximum Gasteiger partial charge on any atom is 0.237 e. The number of hydrogen-bond donors (Lipinski definition) is 2. The summed E-state index contributed by atoms with van der Waals surface area (Å²) in [7, 11) is -3.11. The highest BCUT2D eigenvalue weighted by Gasteiger charge is 2.15. The number of hydrogen-bond acceptors (Lipinski definition) is 5. The van der Waals surface area contributed by atoms with Gasteiger partial charge in [0.25, 0.3) is 0 Å². The van der Waals surface area contributed by atoms with E-state index in [0.717, 1.165) is 12.0 Å². The van der Waals surface area contributed by atoms with Crippen LogP contribution in [0.5, 0.6) is 5.75 Å². The van der Waals surface area contributed by atoms with Crippen LogP contribution in [0.4, 0.5) is 0 Å². The van der Waals surface area contributed by atoms with Crippen molar-refractivity contribution in [1.29, 1.82) is 0 Å². The van der Waals surface area contributed by atoms with E-state index in [-0.39, 0.29) is 18.1 Å². The van der Waals surface area contributed by atoms with Crippen LogP contribution in [0.2, 0.25) is 0 Å². The number of ether oxygens (including phenoxy) is 1. The quantitative estimate of drug-likeness (QED) is 0.654. The van der Waals surface area contributed by atoms with E-state index in [1.807, 2.05) is 24.3 Å². The molecule has 1 atom stereocenters. The third-order valence-electron chi connectivity index (χ3n) is 3.35. The van der Waals surface area contributed by atoms with Crippen molar-refractivity contribution in [2.24, 2.45) is 5.73 Å². The fraction of sp³-hybridized carbons (Fsp3) is 0.562. The van der Waals surface area contributed by atoms with Crippen LogP contribution in [0.25, 0.3) is 0 Å². The molecular formula is C16H26N2O4S. The minimum absolute atomic E-state index is 0.0969. The van der Waals surface area contributed by atoms with Gasteiger partial charge >= 0.3 is 0 Å². The highest BCUT2D eigenvalue weighted by molar-refractivity contribution is 7.90. The van der Waals surface area contributed by atoms with Gasteiger partial charge in [0.2, 0.25) is 5.91 Å². The van der Waals surface area contributed by atoms with Gasteiger partial charge in [-0.3, -0.25) is 4.79 Å². The lowest BCUT2D eigenvalue weighted by Crippen LogP contribution is -2.42. The largest absolute Gasteiger partial charge is 0.492 e. The number of rotatable bonds is 9. The number of carbonyl (C=O) groups excluding carboxylic acids is 1. The van der Waals surface area contributed by atoms with Crippen molar-refractivity contribution < 1.29 is 17.9 Å². The van der Waals surface area contributed by atoms with E-state index in [1.54, 1.807) is 0 Å². The van der Waals surface area contributed by atoms with Gasteiger partial charge in [0, 0.05) is 6.26 Å². The van der Waals surface area contributed by atoms with Gasteiger partial charge in [-0.05, 0) is 30.0 Å². The van der Waals surface area contributed by atoms with Crippen LogP contribution in [0.15, 0.2) is 24.3 Å². The molecule has 0 saturated carbocycles. The minimum atomic E-state index is -3.11. The van der Waals surface area contributed by atoms with Gasteiger partial charge in [-0.15, -0.1) is 0 Å². The van der Waals surface area contributed by atoms with E-state index < -0.39 is 15.9 Å². The molecule has 0 aliphatic carbocycles. The van der Waals surface area contributed by atoms with E-state index in [9.17, 15) is 13.2 Å². The van der Waals surface area contributed by atoms with Crippen molar-refractivity contribution in [2.45, 2.75) is 32.2 Å². The molecule has 1 rings (SSSR count). The van der Waals surface area contributed by atoms with Crippen molar-refractivity contribution in [3.8, 4) is 5.75 Å². The molecule has 23 heavy (non-hydrogen) atoms. The molecule has 0 aliphatic rings.